The fourth-order valence-electron chi connectivity index (χ4n) is 5.86. The number of amides is 2. The first-order valence-electron chi connectivity index (χ1n) is 13.0. The van der Waals surface area contributed by atoms with E-state index in [-0.39, 0.29) is 31.5 Å². The molecule has 9 heteroatoms. The van der Waals surface area contributed by atoms with E-state index in [4.69, 9.17) is 9.47 Å². The smallest absolute Gasteiger partial charge is 0.247 e. The Hall–Kier alpha value is -3.17. The third kappa shape index (κ3) is 5.29. The molecule has 9 nitrogen and oxygen atoms in total. The van der Waals surface area contributed by atoms with Crippen molar-refractivity contribution in [3.05, 3.63) is 47.6 Å². The minimum atomic E-state index is -1.12. The van der Waals surface area contributed by atoms with Gasteiger partial charge in [-0.2, -0.15) is 0 Å². The first-order chi connectivity index (χ1) is 17.9. The van der Waals surface area contributed by atoms with Crippen molar-refractivity contribution in [3.63, 3.8) is 0 Å². The molecule has 1 fully saturated rings. The lowest BCUT2D eigenvalue weighted by Crippen LogP contribution is -2.58. The van der Waals surface area contributed by atoms with Crippen LogP contribution >= 0.6 is 0 Å². The number of carbonyl (C=O) groups excluding carboxylic acids is 3. The Morgan fingerprint density at radius 3 is 2.68 bits per heavy atom. The van der Waals surface area contributed by atoms with E-state index in [1.165, 1.54) is 7.11 Å². The van der Waals surface area contributed by atoms with Gasteiger partial charge in [0.25, 0.3) is 0 Å². The van der Waals surface area contributed by atoms with Gasteiger partial charge in [0.1, 0.15) is 18.5 Å². The Labute approximate surface area is 217 Å². The number of allylic oxidation sites excluding steroid dienone is 1. The predicted octanol–water partition coefficient (Wildman–Crippen LogP) is 2.26. The van der Waals surface area contributed by atoms with Crippen molar-refractivity contribution in [2.75, 3.05) is 20.3 Å². The summed E-state index contributed by atoms with van der Waals surface area (Å²) < 4.78 is 11.7. The van der Waals surface area contributed by atoms with Gasteiger partial charge in [-0.15, -0.1) is 6.58 Å². The van der Waals surface area contributed by atoms with Crippen molar-refractivity contribution in [1.29, 1.82) is 0 Å². The molecule has 4 unspecified atom stereocenters. The third-order valence-corrected chi connectivity index (χ3v) is 7.55. The molecule has 4 atom stereocenters. The molecule has 1 saturated carbocycles. The number of rotatable bonds is 10. The summed E-state index contributed by atoms with van der Waals surface area (Å²) in [5.41, 5.74) is 1.25. The molecule has 1 aliphatic heterocycles. The fourth-order valence-corrected chi connectivity index (χ4v) is 5.86. The minimum absolute atomic E-state index is 0.0524. The molecule has 0 radical (unpaired) electrons. The number of benzene rings is 1. The van der Waals surface area contributed by atoms with Crippen LogP contribution in [0.3, 0.4) is 0 Å². The van der Waals surface area contributed by atoms with E-state index in [0.29, 0.717) is 40.9 Å². The Balaban J connectivity index is 1.81. The molecule has 0 spiro atoms. The second-order valence-corrected chi connectivity index (χ2v) is 9.82. The maximum Gasteiger partial charge on any atom is 0.247 e. The summed E-state index contributed by atoms with van der Waals surface area (Å²) in [5.74, 6) is -0.498. The summed E-state index contributed by atoms with van der Waals surface area (Å²) in [7, 11) is 1.46. The van der Waals surface area contributed by atoms with Gasteiger partial charge in [0, 0.05) is 35.7 Å². The van der Waals surface area contributed by atoms with Gasteiger partial charge in [-0.3, -0.25) is 14.4 Å². The standard InChI is InChI=1S/C28H36N2O7/c1-3-4-10-23(33)30(18-8-6-5-7-9-18)21-15-20(28(35)29-11-12-31)24-19-13-17(16-32)14-22(36-2)26(19)37-27(24)25(21)34/h3,13-16,18,21,24-25,27,31,34H,1,4-12H2,2H3,(H,29,35). The molecular formula is C28H36N2O7. The van der Waals surface area contributed by atoms with Gasteiger partial charge in [-0.25, -0.2) is 0 Å². The summed E-state index contributed by atoms with van der Waals surface area (Å²) in [6.45, 7) is 3.55. The van der Waals surface area contributed by atoms with Crippen molar-refractivity contribution in [3.8, 4) is 11.5 Å². The zero-order valence-electron chi connectivity index (χ0n) is 21.2. The highest BCUT2D eigenvalue weighted by molar-refractivity contribution is 5.96. The van der Waals surface area contributed by atoms with E-state index in [2.05, 4.69) is 11.9 Å². The highest BCUT2D eigenvalue weighted by Crippen LogP contribution is 2.51. The number of hydrogen-bond acceptors (Lipinski definition) is 7. The topological polar surface area (TPSA) is 125 Å². The zero-order valence-corrected chi connectivity index (χ0v) is 21.2. The van der Waals surface area contributed by atoms with E-state index < -0.39 is 30.1 Å². The molecule has 0 aromatic heterocycles. The van der Waals surface area contributed by atoms with Crippen LogP contribution in [-0.4, -0.2) is 77.8 Å². The lowest BCUT2D eigenvalue weighted by Gasteiger charge is -2.45. The van der Waals surface area contributed by atoms with Crippen LogP contribution in [-0.2, 0) is 9.59 Å². The zero-order chi connectivity index (χ0) is 26.5. The first-order valence-corrected chi connectivity index (χ1v) is 13.0. The van der Waals surface area contributed by atoms with Crippen molar-refractivity contribution in [1.82, 2.24) is 10.2 Å². The molecule has 2 amide bonds. The summed E-state index contributed by atoms with van der Waals surface area (Å²) >= 11 is 0. The Bertz CT molecular complexity index is 1060. The van der Waals surface area contributed by atoms with Crippen molar-refractivity contribution in [2.45, 2.75) is 75.2 Å². The van der Waals surface area contributed by atoms with E-state index in [1.54, 1.807) is 29.2 Å². The molecule has 0 saturated heterocycles. The number of aliphatic hydroxyl groups is 2. The van der Waals surface area contributed by atoms with Gasteiger partial charge >= 0.3 is 0 Å². The van der Waals surface area contributed by atoms with Crippen molar-refractivity contribution in [2.24, 2.45) is 0 Å². The van der Waals surface area contributed by atoms with Crippen LogP contribution in [0.2, 0.25) is 0 Å². The molecule has 200 valence electrons. The molecule has 1 heterocycles. The number of aliphatic hydroxyl groups excluding tert-OH is 2. The molecular weight excluding hydrogens is 476 g/mol. The molecule has 37 heavy (non-hydrogen) atoms. The monoisotopic (exact) mass is 512 g/mol. The van der Waals surface area contributed by atoms with E-state index in [1.807, 2.05) is 0 Å². The molecule has 3 N–H and O–H groups in total. The average molecular weight is 513 g/mol. The summed E-state index contributed by atoms with van der Waals surface area (Å²) in [5, 5.41) is 23.7. The van der Waals surface area contributed by atoms with Crippen LogP contribution in [0.5, 0.6) is 11.5 Å². The van der Waals surface area contributed by atoms with Crippen molar-refractivity contribution < 1.29 is 34.1 Å². The van der Waals surface area contributed by atoms with Gasteiger partial charge in [-0.1, -0.05) is 25.3 Å². The molecule has 0 bridgehead atoms. The minimum Gasteiger partial charge on any atom is -0.493 e. The number of hydrogen-bond donors (Lipinski definition) is 3. The molecule has 4 rings (SSSR count). The number of nitrogens with zero attached hydrogens (tertiary/aromatic N) is 1. The second kappa shape index (κ2) is 11.9. The quantitative estimate of drug-likeness (QED) is 0.324. The number of ether oxygens (including phenoxy) is 2. The molecule has 3 aliphatic rings. The maximum absolute atomic E-state index is 13.5. The Morgan fingerprint density at radius 1 is 1.27 bits per heavy atom. The second-order valence-electron chi connectivity index (χ2n) is 9.82. The summed E-state index contributed by atoms with van der Waals surface area (Å²) in [6, 6.07) is 2.36. The fraction of sp³-hybridized carbons (Fsp3) is 0.536. The largest absolute Gasteiger partial charge is 0.493 e. The average Bonchev–Trinajstić information content (AvgIpc) is 3.32. The Kier molecular flexibility index (Phi) is 8.66. The predicted molar refractivity (Wildman–Crippen MR) is 137 cm³/mol. The van der Waals surface area contributed by atoms with Gasteiger partial charge < -0.3 is 29.9 Å². The van der Waals surface area contributed by atoms with Crippen molar-refractivity contribution >= 4 is 18.1 Å². The molecule has 1 aromatic carbocycles. The van der Waals surface area contributed by atoms with E-state index in [9.17, 15) is 24.6 Å². The van der Waals surface area contributed by atoms with Gasteiger partial charge in [0.2, 0.25) is 11.8 Å². The van der Waals surface area contributed by atoms with Gasteiger partial charge in [0.05, 0.1) is 25.7 Å². The number of aldehydes is 1. The first kappa shape index (κ1) is 26.9. The lowest BCUT2D eigenvalue weighted by atomic mass is 9.76. The van der Waals surface area contributed by atoms with E-state index in [0.717, 1.165) is 32.1 Å². The molecule has 2 aliphatic carbocycles. The third-order valence-electron chi connectivity index (χ3n) is 7.55. The van der Waals surface area contributed by atoms with Gasteiger partial charge in [0.15, 0.2) is 11.5 Å². The van der Waals surface area contributed by atoms with Crippen LogP contribution in [0.15, 0.2) is 36.4 Å². The SMILES string of the molecule is C=CCCC(=O)N(C1CCCCC1)C1C=C(C(=O)NCCO)C2c3cc(C=O)cc(OC)c3OC2C1O. The van der Waals surface area contributed by atoms with Crippen LogP contribution in [0.1, 0.15) is 66.8 Å². The van der Waals surface area contributed by atoms with Crippen LogP contribution in [0.25, 0.3) is 0 Å². The lowest BCUT2D eigenvalue weighted by molar-refractivity contribution is -0.141. The maximum atomic E-state index is 13.5. The number of fused-ring (bicyclic) bond motifs is 3. The Morgan fingerprint density at radius 2 is 2.03 bits per heavy atom. The highest BCUT2D eigenvalue weighted by Gasteiger charge is 2.52. The van der Waals surface area contributed by atoms with E-state index >= 15 is 0 Å². The number of carbonyl (C=O) groups is 3. The normalized spacial score (nSPS) is 24.7. The highest BCUT2D eigenvalue weighted by atomic mass is 16.5. The number of nitrogens with one attached hydrogen (secondary N) is 1. The summed E-state index contributed by atoms with van der Waals surface area (Å²) in [4.78, 5) is 40.2. The van der Waals surface area contributed by atoms with Crippen LogP contribution < -0.4 is 14.8 Å². The van der Waals surface area contributed by atoms with Gasteiger partial charge in [-0.05, 0) is 37.5 Å². The molecule has 1 aromatic rings. The van der Waals surface area contributed by atoms with Crippen LogP contribution in [0, 0.1) is 0 Å². The number of methoxy groups -OCH3 is 1. The summed E-state index contributed by atoms with van der Waals surface area (Å²) in [6.07, 6.45) is 7.59. The van der Waals surface area contributed by atoms with Crippen LogP contribution in [0.4, 0.5) is 0 Å².